The van der Waals surface area contributed by atoms with Crippen LogP contribution in [0.4, 0.5) is 0 Å². The van der Waals surface area contributed by atoms with Gasteiger partial charge >= 0.3 is 5.97 Å². The minimum Gasteiger partial charge on any atom is -0.497 e. The van der Waals surface area contributed by atoms with Crippen molar-refractivity contribution in [2.75, 3.05) is 7.11 Å². The number of esters is 1. The molecule has 0 unspecified atom stereocenters. The van der Waals surface area contributed by atoms with Crippen LogP contribution in [0.25, 0.3) is 9.88 Å². The zero-order chi connectivity index (χ0) is 15.5. The van der Waals surface area contributed by atoms with Crippen molar-refractivity contribution < 1.29 is 14.3 Å². The molecule has 22 heavy (non-hydrogen) atoms. The highest BCUT2D eigenvalue weighted by atomic mass is 32.1. The number of carbonyl (C=O) groups is 1. The largest absolute Gasteiger partial charge is 0.497 e. The van der Waals surface area contributed by atoms with Crippen LogP contribution in [0.5, 0.6) is 11.5 Å². The van der Waals surface area contributed by atoms with Crippen LogP contribution >= 0.6 is 22.7 Å². The van der Waals surface area contributed by atoms with E-state index < -0.39 is 0 Å². The number of aromatic nitrogens is 1. The van der Waals surface area contributed by atoms with Crippen LogP contribution in [0.1, 0.15) is 15.4 Å². The highest BCUT2D eigenvalue weighted by molar-refractivity contribution is 7.22. The lowest BCUT2D eigenvalue weighted by Crippen LogP contribution is -2.07. The molecule has 4 nitrogen and oxygen atoms in total. The topological polar surface area (TPSA) is 48.4 Å². The van der Waals surface area contributed by atoms with Crippen molar-refractivity contribution in [1.82, 2.24) is 4.98 Å². The summed E-state index contributed by atoms with van der Waals surface area (Å²) in [5, 5.41) is 2.83. The Bertz CT molecular complexity index is 776. The molecule has 0 aliphatic rings. The van der Waals surface area contributed by atoms with Gasteiger partial charge in [0.15, 0.2) is 0 Å². The Morgan fingerprint density at radius 3 is 2.50 bits per heavy atom. The average Bonchev–Trinajstić information content (AvgIpc) is 3.17. The summed E-state index contributed by atoms with van der Waals surface area (Å²) in [4.78, 5) is 18.3. The van der Waals surface area contributed by atoms with E-state index in [0.29, 0.717) is 22.1 Å². The fourth-order valence-electron chi connectivity index (χ4n) is 1.89. The van der Waals surface area contributed by atoms with Crippen molar-refractivity contribution in [3.8, 4) is 21.4 Å². The third kappa shape index (κ3) is 3.03. The molecule has 3 rings (SSSR count). The minimum absolute atomic E-state index is 0.386. The Balaban J connectivity index is 1.80. The summed E-state index contributed by atoms with van der Waals surface area (Å²) in [6, 6.07) is 10.9. The molecule has 0 saturated heterocycles. The van der Waals surface area contributed by atoms with Crippen LogP contribution in [-0.2, 0) is 0 Å². The lowest BCUT2D eigenvalue weighted by atomic mass is 10.3. The number of carbonyl (C=O) groups excluding carboxylic acids is 1. The van der Waals surface area contributed by atoms with Gasteiger partial charge in [0.1, 0.15) is 21.4 Å². The Labute approximate surface area is 136 Å². The van der Waals surface area contributed by atoms with Gasteiger partial charge < -0.3 is 9.47 Å². The molecule has 0 atom stereocenters. The lowest BCUT2D eigenvalue weighted by Gasteiger charge is -2.04. The third-order valence-corrected chi connectivity index (χ3v) is 5.16. The predicted molar refractivity (Wildman–Crippen MR) is 88.1 cm³/mol. The lowest BCUT2D eigenvalue weighted by molar-refractivity contribution is 0.0738. The maximum atomic E-state index is 12.3. The monoisotopic (exact) mass is 331 g/mol. The number of nitrogens with zero attached hydrogens (tertiary/aromatic N) is 1. The molecule has 0 N–H and O–H groups in total. The van der Waals surface area contributed by atoms with Gasteiger partial charge in [-0.3, -0.25) is 0 Å². The average molecular weight is 331 g/mol. The third-order valence-electron chi connectivity index (χ3n) is 2.98. The second kappa shape index (κ2) is 6.29. The van der Waals surface area contributed by atoms with Gasteiger partial charge in [0.25, 0.3) is 0 Å². The molecule has 6 heteroatoms. The van der Waals surface area contributed by atoms with Crippen molar-refractivity contribution in [3.05, 3.63) is 52.3 Å². The van der Waals surface area contributed by atoms with Gasteiger partial charge in [0, 0.05) is 0 Å². The van der Waals surface area contributed by atoms with Gasteiger partial charge in [-0.1, -0.05) is 6.07 Å². The summed E-state index contributed by atoms with van der Waals surface area (Å²) in [5.74, 6) is 0.813. The van der Waals surface area contributed by atoms with Crippen molar-refractivity contribution in [2.24, 2.45) is 0 Å². The fourth-order valence-corrected chi connectivity index (χ4v) is 3.63. The molecule has 0 bridgehead atoms. The number of aryl methyl sites for hydroxylation is 1. The second-order valence-electron chi connectivity index (χ2n) is 4.48. The molecule has 0 spiro atoms. The van der Waals surface area contributed by atoms with Crippen LogP contribution in [-0.4, -0.2) is 18.1 Å². The van der Waals surface area contributed by atoms with Crippen LogP contribution in [0.15, 0.2) is 41.8 Å². The smallest absolute Gasteiger partial charge is 0.355 e. The molecular weight excluding hydrogens is 318 g/mol. The standard InChI is InChI=1S/C16H13NO3S2/c1-10-14(22-15(17-10)13-4-3-9-21-13)16(18)20-12-7-5-11(19-2)6-8-12/h3-9H,1-2H3. The number of methoxy groups -OCH3 is 1. The molecule has 2 aromatic heterocycles. The maximum absolute atomic E-state index is 12.3. The first-order chi connectivity index (χ1) is 10.7. The van der Waals surface area contributed by atoms with Gasteiger partial charge in [0.2, 0.25) is 0 Å². The molecule has 112 valence electrons. The van der Waals surface area contributed by atoms with E-state index in [1.807, 2.05) is 24.4 Å². The van der Waals surface area contributed by atoms with E-state index in [0.717, 1.165) is 9.88 Å². The van der Waals surface area contributed by atoms with E-state index in [4.69, 9.17) is 9.47 Å². The summed E-state index contributed by atoms with van der Waals surface area (Å²) in [5.41, 5.74) is 0.687. The number of benzene rings is 1. The van der Waals surface area contributed by atoms with E-state index in [1.54, 1.807) is 42.7 Å². The van der Waals surface area contributed by atoms with Crippen LogP contribution in [0.2, 0.25) is 0 Å². The number of thiophene rings is 1. The summed E-state index contributed by atoms with van der Waals surface area (Å²) >= 11 is 2.95. The van der Waals surface area contributed by atoms with E-state index in [9.17, 15) is 4.79 Å². The Kier molecular flexibility index (Phi) is 4.22. The summed E-state index contributed by atoms with van der Waals surface area (Å²) in [7, 11) is 1.59. The van der Waals surface area contributed by atoms with E-state index in [-0.39, 0.29) is 5.97 Å². The highest BCUT2D eigenvalue weighted by Gasteiger charge is 2.18. The van der Waals surface area contributed by atoms with Crippen LogP contribution in [0.3, 0.4) is 0 Å². The molecule has 0 saturated carbocycles. The molecule has 3 aromatic rings. The number of hydrogen-bond donors (Lipinski definition) is 0. The molecule has 1 aromatic carbocycles. The Morgan fingerprint density at radius 2 is 1.86 bits per heavy atom. The number of rotatable bonds is 4. The van der Waals surface area contributed by atoms with Gasteiger partial charge in [-0.05, 0) is 42.6 Å². The minimum atomic E-state index is -0.386. The quantitative estimate of drug-likeness (QED) is 0.525. The van der Waals surface area contributed by atoms with Crippen LogP contribution in [0, 0.1) is 6.92 Å². The summed E-state index contributed by atoms with van der Waals surface area (Å²) < 4.78 is 10.5. The van der Waals surface area contributed by atoms with Crippen molar-refractivity contribution in [2.45, 2.75) is 6.92 Å². The molecule has 0 fully saturated rings. The van der Waals surface area contributed by atoms with E-state index >= 15 is 0 Å². The molecule has 0 radical (unpaired) electrons. The molecule has 2 heterocycles. The maximum Gasteiger partial charge on any atom is 0.355 e. The molecule has 0 aliphatic heterocycles. The zero-order valence-electron chi connectivity index (χ0n) is 12.0. The van der Waals surface area contributed by atoms with Gasteiger partial charge in [-0.2, -0.15) is 0 Å². The van der Waals surface area contributed by atoms with Crippen molar-refractivity contribution >= 4 is 28.6 Å². The Hall–Kier alpha value is -2.18. The number of hydrogen-bond acceptors (Lipinski definition) is 6. The normalized spacial score (nSPS) is 10.5. The van der Waals surface area contributed by atoms with Crippen molar-refractivity contribution in [1.29, 1.82) is 0 Å². The van der Waals surface area contributed by atoms with Gasteiger partial charge in [0.05, 0.1) is 17.7 Å². The molecule has 0 amide bonds. The highest BCUT2D eigenvalue weighted by Crippen LogP contribution is 2.31. The van der Waals surface area contributed by atoms with E-state index in [1.165, 1.54) is 11.3 Å². The van der Waals surface area contributed by atoms with Gasteiger partial charge in [-0.15, -0.1) is 22.7 Å². The van der Waals surface area contributed by atoms with Crippen LogP contribution < -0.4 is 9.47 Å². The van der Waals surface area contributed by atoms with Gasteiger partial charge in [-0.25, -0.2) is 9.78 Å². The first-order valence-corrected chi connectivity index (χ1v) is 8.24. The first kappa shape index (κ1) is 14.7. The van der Waals surface area contributed by atoms with Crippen molar-refractivity contribution in [3.63, 3.8) is 0 Å². The predicted octanol–water partition coefficient (Wildman–Crippen LogP) is 4.41. The zero-order valence-corrected chi connectivity index (χ0v) is 13.7. The summed E-state index contributed by atoms with van der Waals surface area (Å²) in [6.45, 7) is 1.82. The second-order valence-corrected chi connectivity index (χ2v) is 6.42. The number of ether oxygens (including phenoxy) is 2. The fraction of sp³-hybridized carbons (Fsp3) is 0.125. The Morgan fingerprint density at radius 1 is 1.14 bits per heavy atom. The first-order valence-electron chi connectivity index (χ1n) is 6.55. The number of thiazole rings is 1. The molecular formula is C16H13NO3S2. The molecule has 0 aliphatic carbocycles. The summed E-state index contributed by atoms with van der Waals surface area (Å²) in [6.07, 6.45) is 0. The SMILES string of the molecule is COc1ccc(OC(=O)c2sc(-c3cccs3)nc2C)cc1. The van der Waals surface area contributed by atoms with E-state index in [2.05, 4.69) is 4.98 Å².